The summed E-state index contributed by atoms with van der Waals surface area (Å²) in [5.41, 5.74) is 2.05. The summed E-state index contributed by atoms with van der Waals surface area (Å²) < 4.78 is 23.7. The first-order chi connectivity index (χ1) is 9.36. The zero-order chi connectivity index (χ0) is 14.8. The van der Waals surface area contributed by atoms with Gasteiger partial charge in [0.25, 0.3) is 0 Å². The molecule has 0 unspecified atom stereocenters. The molecule has 1 aromatic heterocycles. The number of aryl methyl sites for hydroxylation is 1. The molecule has 0 bridgehead atoms. The van der Waals surface area contributed by atoms with Crippen molar-refractivity contribution in [3.8, 4) is 0 Å². The van der Waals surface area contributed by atoms with Crippen LogP contribution in [0.5, 0.6) is 0 Å². The second-order valence-electron chi connectivity index (χ2n) is 4.59. The quantitative estimate of drug-likeness (QED) is 0.915. The van der Waals surface area contributed by atoms with Crippen molar-refractivity contribution >= 4 is 31.6 Å². The minimum atomic E-state index is -3.14. The summed E-state index contributed by atoms with van der Waals surface area (Å²) in [5, 5.41) is 3.23. The topological polar surface area (TPSA) is 59.1 Å². The Balaban J connectivity index is 2.08. The van der Waals surface area contributed by atoms with Crippen molar-refractivity contribution in [2.45, 2.75) is 18.4 Å². The molecule has 0 amide bonds. The normalized spacial score (nSPS) is 11.3. The number of sulfone groups is 1. The highest BCUT2D eigenvalue weighted by atomic mass is 79.9. The zero-order valence-electron chi connectivity index (χ0n) is 11.2. The van der Waals surface area contributed by atoms with E-state index in [1.54, 1.807) is 30.5 Å². The van der Waals surface area contributed by atoms with E-state index in [2.05, 4.69) is 26.2 Å². The molecule has 2 aromatic rings. The van der Waals surface area contributed by atoms with Crippen LogP contribution in [0.25, 0.3) is 0 Å². The molecule has 0 fully saturated rings. The molecule has 4 nitrogen and oxygen atoms in total. The van der Waals surface area contributed by atoms with Crippen LogP contribution in [0.4, 0.5) is 5.82 Å². The highest BCUT2D eigenvalue weighted by molar-refractivity contribution is 9.10. The van der Waals surface area contributed by atoms with Gasteiger partial charge in [0.1, 0.15) is 5.82 Å². The highest BCUT2D eigenvalue weighted by Crippen LogP contribution is 2.18. The monoisotopic (exact) mass is 354 g/mol. The van der Waals surface area contributed by atoms with E-state index < -0.39 is 9.84 Å². The molecule has 0 spiro atoms. The fourth-order valence-corrected chi connectivity index (χ4v) is 2.84. The molecule has 0 aliphatic carbocycles. The molecule has 0 radical (unpaired) electrons. The van der Waals surface area contributed by atoms with E-state index in [4.69, 9.17) is 0 Å². The van der Waals surface area contributed by atoms with Crippen LogP contribution in [0, 0.1) is 6.92 Å². The number of nitrogens with one attached hydrogen (secondary N) is 1. The number of nitrogens with zero attached hydrogens (tertiary/aromatic N) is 1. The second kappa shape index (κ2) is 5.93. The van der Waals surface area contributed by atoms with Crippen molar-refractivity contribution in [2.75, 3.05) is 11.6 Å². The van der Waals surface area contributed by atoms with Gasteiger partial charge in [0, 0.05) is 23.5 Å². The van der Waals surface area contributed by atoms with Crippen LogP contribution in [0.3, 0.4) is 0 Å². The van der Waals surface area contributed by atoms with Gasteiger partial charge < -0.3 is 5.32 Å². The molecule has 6 heteroatoms. The molecule has 0 saturated carbocycles. The van der Waals surface area contributed by atoms with Gasteiger partial charge in [-0.1, -0.05) is 12.1 Å². The number of halogens is 1. The van der Waals surface area contributed by atoms with Gasteiger partial charge in [0.05, 0.1) is 4.90 Å². The zero-order valence-corrected chi connectivity index (χ0v) is 13.6. The number of anilines is 1. The predicted octanol–water partition coefficient (Wildman–Crippen LogP) is 3.17. The Morgan fingerprint density at radius 1 is 1.25 bits per heavy atom. The number of hydrogen-bond donors (Lipinski definition) is 1. The number of benzene rings is 1. The number of rotatable bonds is 4. The van der Waals surface area contributed by atoms with Gasteiger partial charge in [-0.2, -0.15) is 0 Å². The van der Waals surface area contributed by atoms with Crippen LogP contribution >= 0.6 is 15.9 Å². The average molecular weight is 355 g/mol. The molecule has 1 aromatic carbocycles. The minimum absolute atomic E-state index is 0.333. The molecule has 0 aliphatic rings. The maximum Gasteiger partial charge on any atom is 0.175 e. The third kappa shape index (κ3) is 3.80. The maximum absolute atomic E-state index is 11.4. The van der Waals surface area contributed by atoms with E-state index in [0.717, 1.165) is 21.4 Å². The fourth-order valence-electron chi connectivity index (χ4n) is 1.77. The van der Waals surface area contributed by atoms with Crippen LogP contribution < -0.4 is 5.32 Å². The van der Waals surface area contributed by atoms with Crippen molar-refractivity contribution < 1.29 is 8.42 Å². The SMILES string of the molecule is Cc1cc(Br)cnc1NCc1ccc(S(C)(=O)=O)cc1. The van der Waals surface area contributed by atoms with Gasteiger partial charge in [-0.3, -0.25) is 0 Å². The Labute approximate surface area is 127 Å². The molecule has 0 aliphatic heterocycles. The molecule has 0 saturated heterocycles. The summed E-state index contributed by atoms with van der Waals surface area (Å²) in [5.74, 6) is 0.820. The van der Waals surface area contributed by atoms with E-state index in [9.17, 15) is 8.42 Å². The van der Waals surface area contributed by atoms with Crippen molar-refractivity contribution in [3.05, 3.63) is 52.1 Å². The summed E-state index contributed by atoms with van der Waals surface area (Å²) in [7, 11) is -3.14. The lowest BCUT2D eigenvalue weighted by Crippen LogP contribution is -2.04. The van der Waals surface area contributed by atoms with E-state index in [1.165, 1.54) is 6.26 Å². The fraction of sp³-hybridized carbons (Fsp3) is 0.214. The minimum Gasteiger partial charge on any atom is -0.366 e. The van der Waals surface area contributed by atoms with Gasteiger partial charge in [0.15, 0.2) is 9.84 Å². The largest absolute Gasteiger partial charge is 0.366 e. The molecule has 0 atom stereocenters. The summed E-state index contributed by atoms with van der Waals surface area (Å²) in [6.07, 6.45) is 2.94. The molecule has 1 heterocycles. The predicted molar refractivity (Wildman–Crippen MR) is 83.6 cm³/mol. The lowest BCUT2D eigenvalue weighted by molar-refractivity contribution is 0.602. The summed E-state index contributed by atoms with van der Waals surface area (Å²) >= 11 is 3.37. The van der Waals surface area contributed by atoms with E-state index in [-0.39, 0.29) is 0 Å². The number of aromatic nitrogens is 1. The van der Waals surface area contributed by atoms with Crippen LogP contribution in [-0.4, -0.2) is 19.7 Å². The third-order valence-corrected chi connectivity index (χ3v) is 4.42. The lowest BCUT2D eigenvalue weighted by Gasteiger charge is -2.09. The van der Waals surface area contributed by atoms with Gasteiger partial charge in [-0.15, -0.1) is 0 Å². The number of hydrogen-bond acceptors (Lipinski definition) is 4. The lowest BCUT2D eigenvalue weighted by atomic mass is 10.2. The van der Waals surface area contributed by atoms with Crippen molar-refractivity contribution in [1.29, 1.82) is 0 Å². The first kappa shape index (κ1) is 15.0. The van der Waals surface area contributed by atoms with Crippen molar-refractivity contribution in [3.63, 3.8) is 0 Å². The summed E-state index contributed by atoms with van der Waals surface area (Å²) in [6.45, 7) is 2.58. The first-order valence-corrected chi connectivity index (χ1v) is 8.70. The highest BCUT2D eigenvalue weighted by Gasteiger charge is 2.06. The van der Waals surface area contributed by atoms with Crippen LogP contribution in [0.1, 0.15) is 11.1 Å². The van der Waals surface area contributed by atoms with Crippen LogP contribution in [0.15, 0.2) is 45.9 Å². The maximum atomic E-state index is 11.4. The molecule has 2 rings (SSSR count). The van der Waals surface area contributed by atoms with Crippen molar-refractivity contribution in [1.82, 2.24) is 4.98 Å². The molecule has 20 heavy (non-hydrogen) atoms. The Morgan fingerprint density at radius 2 is 1.90 bits per heavy atom. The Kier molecular flexibility index (Phi) is 4.45. The molecule has 106 valence electrons. The third-order valence-electron chi connectivity index (χ3n) is 2.86. The van der Waals surface area contributed by atoms with E-state index in [1.807, 2.05) is 13.0 Å². The summed E-state index contributed by atoms with van der Waals surface area (Å²) in [6, 6.07) is 8.83. The second-order valence-corrected chi connectivity index (χ2v) is 7.52. The molecular weight excluding hydrogens is 340 g/mol. The Bertz CT molecular complexity index is 712. The van der Waals surface area contributed by atoms with Crippen molar-refractivity contribution in [2.24, 2.45) is 0 Å². The van der Waals surface area contributed by atoms with Gasteiger partial charge in [-0.25, -0.2) is 13.4 Å². The van der Waals surface area contributed by atoms with Gasteiger partial charge >= 0.3 is 0 Å². The van der Waals surface area contributed by atoms with Crippen LogP contribution in [0.2, 0.25) is 0 Å². The van der Waals surface area contributed by atoms with Gasteiger partial charge in [-0.05, 0) is 52.2 Å². The first-order valence-electron chi connectivity index (χ1n) is 6.01. The molecular formula is C14H15BrN2O2S. The Hall–Kier alpha value is -1.40. The van der Waals surface area contributed by atoms with E-state index >= 15 is 0 Å². The van der Waals surface area contributed by atoms with Gasteiger partial charge in [0.2, 0.25) is 0 Å². The molecule has 1 N–H and O–H groups in total. The Morgan fingerprint density at radius 3 is 2.45 bits per heavy atom. The smallest absolute Gasteiger partial charge is 0.175 e. The summed E-state index contributed by atoms with van der Waals surface area (Å²) in [4.78, 5) is 4.63. The standard InChI is InChI=1S/C14H15BrN2O2S/c1-10-7-12(15)9-17-14(10)16-8-11-3-5-13(6-4-11)20(2,18)19/h3-7,9H,8H2,1-2H3,(H,16,17). The number of pyridine rings is 1. The van der Waals surface area contributed by atoms with Crippen LogP contribution in [-0.2, 0) is 16.4 Å². The van der Waals surface area contributed by atoms with E-state index in [0.29, 0.717) is 11.4 Å². The average Bonchev–Trinajstić information content (AvgIpc) is 2.37.